The Bertz CT molecular complexity index is 1400. The Labute approximate surface area is 189 Å². The van der Waals surface area contributed by atoms with E-state index in [1.54, 1.807) is 26.0 Å². The molecule has 2 N–H and O–H groups in total. The van der Waals surface area contributed by atoms with E-state index in [1.807, 2.05) is 25.2 Å². The van der Waals surface area contributed by atoms with Crippen molar-refractivity contribution in [3.63, 3.8) is 0 Å². The number of ether oxygens (including phenoxy) is 1. The number of hydrogen-bond donors (Lipinski definition) is 1. The lowest BCUT2D eigenvalue weighted by atomic mass is 9.98. The van der Waals surface area contributed by atoms with Crippen molar-refractivity contribution in [2.45, 2.75) is 39.7 Å². The predicted octanol–water partition coefficient (Wildman–Crippen LogP) is 5.66. The number of carbonyl (C=O) groups excluding carboxylic acids is 1. The molecule has 7 heteroatoms. The SMILES string of the molecule is Cc1cc([C@@H](C)Oc2ccc(F)c(F)c2C(N)=O)c2oc(C3=CCCC=C3)c(C)c(=O)c2c1. The van der Waals surface area contributed by atoms with Crippen molar-refractivity contribution in [1.82, 2.24) is 0 Å². The van der Waals surface area contributed by atoms with Crippen LogP contribution in [0.25, 0.3) is 16.5 Å². The van der Waals surface area contributed by atoms with E-state index in [9.17, 15) is 18.4 Å². The molecule has 0 spiro atoms. The van der Waals surface area contributed by atoms with E-state index < -0.39 is 29.2 Å². The summed E-state index contributed by atoms with van der Waals surface area (Å²) >= 11 is 0. The first kappa shape index (κ1) is 22.5. The summed E-state index contributed by atoms with van der Waals surface area (Å²) in [5.74, 6) is -3.45. The van der Waals surface area contributed by atoms with Gasteiger partial charge in [-0.15, -0.1) is 0 Å². The van der Waals surface area contributed by atoms with Crippen LogP contribution in [0.3, 0.4) is 0 Å². The first-order valence-electron chi connectivity index (χ1n) is 10.6. The van der Waals surface area contributed by atoms with Gasteiger partial charge in [-0.1, -0.05) is 18.2 Å². The van der Waals surface area contributed by atoms with Crippen LogP contribution in [0.4, 0.5) is 8.78 Å². The maximum atomic E-state index is 14.2. The fraction of sp³-hybridized carbons (Fsp3) is 0.231. The number of nitrogens with two attached hydrogens (primary N) is 1. The molecule has 1 heterocycles. The van der Waals surface area contributed by atoms with E-state index in [1.165, 1.54) is 0 Å². The van der Waals surface area contributed by atoms with Crippen LogP contribution in [0.1, 0.15) is 58.7 Å². The molecule has 170 valence electrons. The van der Waals surface area contributed by atoms with Crippen molar-refractivity contribution < 1.29 is 22.7 Å². The first-order valence-corrected chi connectivity index (χ1v) is 10.6. The second-order valence-corrected chi connectivity index (χ2v) is 8.11. The Hall–Kier alpha value is -3.74. The molecule has 3 aromatic rings. The molecule has 0 saturated heterocycles. The van der Waals surface area contributed by atoms with Crippen molar-refractivity contribution in [2.75, 3.05) is 0 Å². The van der Waals surface area contributed by atoms with Crippen LogP contribution >= 0.6 is 0 Å². The van der Waals surface area contributed by atoms with E-state index in [2.05, 4.69) is 0 Å². The monoisotopic (exact) mass is 451 g/mol. The highest BCUT2D eigenvalue weighted by Gasteiger charge is 2.24. The van der Waals surface area contributed by atoms with Gasteiger partial charge in [0.25, 0.3) is 5.91 Å². The van der Waals surface area contributed by atoms with Crippen LogP contribution in [-0.4, -0.2) is 5.91 Å². The van der Waals surface area contributed by atoms with Crippen molar-refractivity contribution in [3.05, 3.63) is 92.4 Å². The van der Waals surface area contributed by atoms with Gasteiger partial charge in [-0.3, -0.25) is 9.59 Å². The molecule has 1 aromatic heterocycles. The number of allylic oxidation sites excluding steroid dienone is 4. The van der Waals surface area contributed by atoms with Gasteiger partial charge in [0.1, 0.15) is 28.8 Å². The van der Waals surface area contributed by atoms with Gasteiger partial charge in [0.05, 0.1) is 5.39 Å². The summed E-state index contributed by atoms with van der Waals surface area (Å²) in [7, 11) is 0. The normalized spacial score (nSPS) is 14.3. The number of benzene rings is 2. The summed E-state index contributed by atoms with van der Waals surface area (Å²) in [6.45, 7) is 5.23. The highest BCUT2D eigenvalue weighted by molar-refractivity contribution is 5.96. The Morgan fingerprint density at radius 1 is 1.18 bits per heavy atom. The molecular weight excluding hydrogens is 428 g/mol. The van der Waals surface area contributed by atoms with Crippen LogP contribution in [-0.2, 0) is 0 Å². The molecule has 1 amide bonds. The zero-order valence-corrected chi connectivity index (χ0v) is 18.5. The molecular formula is C26H23F2NO4. The Morgan fingerprint density at radius 2 is 1.94 bits per heavy atom. The number of carbonyl (C=O) groups is 1. The van der Waals surface area contributed by atoms with E-state index in [4.69, 9.17) is 14.9 Å². The second kappa shape index (κ2) is 8.65. The second-order valence-electron chi connectivity index (χ2n) is 8.11. The maximum absolute atomic E-state index is 14.2. The average molecular weight is 451 g/mol. The van der Waals surface area contributed by atoms with Gasteiger partial charge < -0.3 is 14.9 Å². The standard InChI is InChI=1S/C26H23F2NO4/c1-13-11-17(15(3)32-20-10-9-19(27)22(28)21(20)26(29)31)25-18(12-13)23(30)14(2)24(33-25)16-7-5-4-6-8-16/h5,7-12,15H,4,6H2,1-3H3,(H2,29,31)/t15-/m1/s1. The van der Waals surface area contributed by atoms with Crippen molar-refractivity contribution >= 4 is 22.4 Å². The molecule has 0 radical (unpaired) electrons. The average Bonchev–Trinajstić information content (AvgIpc) is 2.79. The third-order valence-electron chi connectivity index (χ3n) is 5.69. The Kier molecular flexibility index (Phi) is 5.89. The van der Waals surface area contributed by atoms with Crippen molar-refractivity contribution in [2.24, 2.45) is 5.73 Å². The molecule has 5 nitrogen and oxygen atoms in total. The van der Waals surface area contributed by atoms with Gasteiger partial charge >= 0.3 is 0 Å². The number of primary amides is 1. The highest BCUT2D eigenvalue weighted by atomic mass is 19.2. The Morgan fingerprint density at radius 3 is 2.61 bits per heavy atom. The van der Waals surface area contributed by atoms with E-state index >= 15 is 0 Å². The van der Waals surface area contributed by atoms with Gasteiger partial charge in [-0.25, -0.2) is 8.78 Å². The first-order chi connectivity index (χ1) is 15.7. The zero-order chi connectivity index (χ0) is 23.9. The lowest BCUT2D eigenvalue weighted by Crippen LogP contribution is -2.17. The summed E-state index contributed by atoms with van der Waals surface area (Å²) in [6.07, 6.45) is 6.96. The third kappa shape index (κ3) is 4.06. The molecule has 33 heavy (non-hydrogen) atoms. The van der Waals surface area contributed by atoms with Crippen LogP contribution < -0.4 is 15.9 Å². The van der Waals surface area contributed by atoms with Crippen molar-refractivity contribution in [3.8, 4) is 5.75 Å². The van der Waals surface area contributed by atoms with Gasteiger partial charge in [0.15, 0.2) is 17.1 Å². The fourth-order valence-electron chi connectivity index (χ4n) is 4.04. The van der Waals surface area contributed by atoms with Crippen LogP contribution in [0.5, 0.6) is 5.75 Å². The summed E-state index contributed by atoms with van der Waals surface area (Å²) in [5, 5.41) is 0.391. The molecule has 4 rings (SSSR count). The number of aryl methyl sites for hydroxylation is 1. The molecule has 2 aromatic carbocycles. The smallest absolute Gasteiger partial charge is 0.255 e. The van der Waals surface area contributed by atoms with Gasteiger partial charge in [-0.2, -0.15) is 0 Å². The van der Waals surface area contributed by atoms with Crippen LogP contribution in [0, 0.1) is 25.5 Å². The quantitative estimate of drug-likeness (QED) is 0.543. The molecule has 1 atom stereocenters. The molecule has 0 fully saturated rings. The van der Waals surface area contributed by atoms with Crippen LogP contribution in [0.2, 0.25) is 0 Å². The minimum Gasteiger partial charge on any atom is -0.485 e. The molecule has 1 aliphatic rings. The van der Waals surface area contributed by atoms with Crippen molar-refractivity contribution in [1.29, 1.82) is 0 Å². The zero-order valence-electron chi connectivity index (χ0n) is 18.5. The minimum absolute atomic E-state index is 0.158. The molecule has 0 bridgehead atoms. The van der Waals surface area contributed by atoms with Gasteiger partial charge in [0.2, 0.25) is 0 Å². The van der Waals surface area contributed by atoms with Gasteiger partial charge in [-0.05, 0) is 63.4 Å². The molecule has 1 aliphatic carbocycles. The number of halogens is 2. The molecule has 0 saturated carbocycles. The number of hydrogen-bond acceptors (Lipinski definition) is 4. The molecule has 0 aliphatic heterocycles. The van der Waals surface area contributed by atoms with E-state index in [0.717, 1.165) is 36.1 Å². The highest BCUT2D eigenvalue weighted by Crippen LogP contribution is 2.34. The lowest BCUT2D eigenvalue weighted by Gasteiger charge is -2.20. The Balaban J connectivity index is 1.88. The van der Waals surface area contributed by atoms with E-state index in [-0.39, 0.29) is 11.2 Å². The molecule has 0 unspecified atom stereocenters. The van der Waals surface area contributed by atoms with E-state index in [0.29, 0.717) is 27.9 Å². The number of rotatable bonds is 5. The summed E-state index contributed by atoms with van der Waals surface area (Å²) in [4.78, 5) is 24.9. The summed E-state index contributed by atoms with van der Waals surface area (Å²) in [6, 6.07) is 5.55. The number of fused-ring (bicyclic) bond motifs is 1. The summed E-state index contributed by atoms with van der Waals surface area (Å²) < 4.78 is 40.0. The lowest BCUT2D eigenvalue weighted by molar-refractivity contribution is 0.0988. The fourth-order valence-corrected chi connectivity index (χ4v) is 4.04. The minimum atomic E-state index is -1.37. The van der Waals surface area contributed by atoms with Gasteiger partial charge in [0, 0.05) is 16.7 Å². The predicted molar refractivity (Wildman–Crippen MR) is 122 cm³/mol. The summed E-state index contributed by atoms with van der Waals surface area (Å²) in [5.41, 5.74) is 7.42. The maximum Gasteiger partial charge on any atom is 0.255 e. The number of amides is 1. The third-order valence-corrected chi connectivity index (χ3v) is 5.69. The largest absolute Gasteiger partial charge is 0.485 e. The topological polar surface area (TPSA) is 82.5 Å². The van der Waals surface area contributed by atoms with Crippen LogP contribution in [0.15, 0.2) is 51.7 Å².